The van der Waals surface area contributed by atoms with Crippen LogP contribution in [0.2, 0.25) is 0 Å². The predicted molar refractivity (Wildman–Crippen MR) is 69.9 cm³/mol. The van der Waals surface area contributed by atoms with Crippen LogP contribution in [0.1, 0.15) is 45.9 Å². The Morgan fingerprint density at radius 2 is 2.11 bits per heavy atom. The molecule has 0 radical (unpaired) electrons. The number of nitrogens with zero attached hydrogens (tertiary/aromatic N) is 3. The quantitative estimate of drug-likeness (QED) is 0.886. The van der Waals surface area contributed by atoms with Crippen LogP contribution in [0.15, 0.2) is 6.20 Å². The van der Waals surface area contributed by atoms with Gasteiger partial charge in [-0.2, -0.15) is 0 Å². The molecule has 0 aliphatic carbocycles. The highest BCUT2D eigenvalue weighted by Gasteiger charge is 2.41. The lowest BCUT2D eigenvalue weighted by atomic mass is 9.82. The number of nitrogens with two attached hydrogens (primary N) is 1. The van der Waals surface area contributed by atoms with E-state index in [0.29, 0.717) is 11.8 Å². The van der Waals surface area contributed by atoms with Gasteiger partial charge in [-0.1, -0.05) is 19.1 Å². The van der Waals surface area contributed by atoms with Gasteiger partial charge < -0.3 is 10.5 Å². The van der Waals surface area contributed by atoms with Gasteiger partial charge in [-0.15, -0.1) is 5.10 Å². The number of aryl methyl sites for hydroxylation is 1. The van der Waals surface area contributed by atoms with E-state index < -0.39 is 0 Å². The van der Waals surface area contributed by atoms with E-state index in [1.165, 1.54) is 0 Å². The fourth-order valence-electron chi connectivity index (χ4n) is 3.02. The molecule has 1 aliphatic rings. The van der Waals surface area contributed by atoms with Crippen molar-refractivity contribution in [1.82, 2.24) is 15.0 Å². The summed E-state index contributed by atoms with van der Waals surface area (Å²) in [7, 11) is 0. The van der Waals surface area contributed by atoms with Crippen molar-refractivity contribution in [3.63, 3.8) is 0 Å². The maximum Gasteiger partial charge on any atom is 0.0758 e. The van der Waals surface area contributed by atoms with Gasteiger partial charge in [0.05, 0.1) is 30.1 Å². The van der Waals surface area contributed by atoms with Gasteiger partial charge in [0.1, 0.15) is 0 Å². The van der Waals surface area contributed by atoms with Crippen molar-refractivity contribution in [2.45, 2.75) is 58.9 Å². The largest absolute Gasteiger partial charge is 0.375 e. The molecule has 2 rings (SSSR count). The molecule has 0 spiro atoms. The molecule has 18 heavy (non-hydrogen) atoms. The summed E-state index contributed by atoms with van der Waals surface area (Å²) >= 11 is 0. The van der Waals surface area contributed by atoms with Crippen molar-refractivity contribution in [3.05, 3.63) is 11.9 Å². The van der Waals surface area contributed by atoms with Gasteiger partial charge in [-0.3, -0.25) is 0 Å². The molecule has 1 aromatic heterocycles. The molecule has 1 aromatic rings. The second-order valence-electron chi connectivity index (χ2n) is 5.39. The lowest BCUT2D eigenvalue weighted by molar-refractivity contribution is 0.0486. The number of rotatable bonds is 4. The molecule has 0 bridgehead atoms. The van der Waals surface area contributed by atoms with E-state index in [9.17, 15) is 0 Å². The van der Waals surface area contributed by atoms with E-state index in [2.05, 4.69) is 38.0 Å². The fraction of sp³-hybridized carbons (Fsp3) is 0.846. The summed E-state index contributed by atoms with van der Waals surface area (Å²) < 4.78 is 7.80. The summed E-state index contributed by atoms with van der Waals surface area (Å²) in [5.74, 6) is 0.786. The Bertz CT molecular complexity index is 392. The maximum absolute atomic E-state index is 6.44. The average molecular weight is 252 g/mol. The molecule has 2 N–H and O–H groups in total. The van der Waals surface area contributed by atoms with Crippen molar-refractivity contribution in [2.75, 3.05) is 0 Å². The fourth-order valence-corrected chi connectivity index (χ4v) is 3.02. The van der Waals surface area contributed by atoms with Crippen LogP contribution in [0.4, 0.5) is 0 Å². The molecular weight excluding hydrogens is 228 g/mol. The van der Waals surface area contributed by atoms with E-state index in [-0.39, 0.29) is 18.2 Å². The van der Waals surface area contributed by atoms with Crippen LogP contribution < -0.4 is 5.73 Å². The van der Waals surface area contributed by atoms with Crippen molar-refractivity contribution in [3.8, 4) is 0 Å². The van der Waals surface area contributed by atoms with Gasteiger partial charge in [0, 0.05) is 12.5 Å². The predicted octanol–water partition coefficient (Wildman–Crippen LogP) is 1.75. The summed E-state index contributed by atoms with van der Waals surface area (Å²) in [6.07, 6.45) is 3.29. The second-order valence-corrected chi connectivity index (χ2v) is 5.39. The van der Waals surface area contributed by atoms with Gasteiger partial charge in [0.2, 0.25) is 0 Å². The summed E-state index contributed by atoms with van der Waals surface area (Å²) in [4.78, 5) is 0. The molecule has 5 heteroatoms. The number of hydrogen-bond donors (Lipinski definition) is 1. The Morgan fingerprint density at radius 3 is 2.67 bits per heavy atom. The second kappa shape index (κ2) is 5.36. The van der Waals surface area contributed by atoms with Gasteiger partial charge in [0.25, 0.3) is 0 Å². The molecule has 0 saturated carbocycles. The number of hydrogen-bond acceptors (Lipinski definition) is 4. The van der Waals surface area contributed by atoms with E-state index in [0.717, 1.165) is 18.7 Å². The maximum atomic E-state index is 6.44. The molecule has 0 amide bonds. The Morgan fingerprint density at radius 1 is 1.39 bits per heavy atom. The summed E-state index contributed by atoms with van der Waals surface area (Å²) in [5, 5.41) is 8.11. The van der Waals surface area contributed by atoms with Crippen LogP contribution in [-0.4, -0.2) is 27.2 Å². The topological polar surface area (TPSA) is 66.0 Å². The zero-order valence-corrected chi connectivity index (χ0v) is 11.7. The molecule has 102 valence electrons. The molecule has 1 fully saturated rings. The summed E-state index contributed by atoms with van der Waals surface area (Å²) in [5.41, 5.74) is 7.46. The highest BCUT2D eigenvalue weighted by Crippen LogP contribution is 2.39. The average Bonchev–Trinajstić information content (AvgIpc) is 2.86. The monoisotopic (exact) mass is 252 g/mol. The molecule has 5 nitrogen and oxygen atoms in total. The Kier molecular flexibility index (Phi) is 4.02. The molecule has 2 heterocycles. The van der Waals surface area contributed by atoms with Crippen LogP contribution in [0, 0.1) is 11.8 Å². The van der Waals surface area contributed by atoms with Crippen LogP contribution in [0.5, 0.6) is 0 Å². The lowest BCUT2D eigenvalue weighted by Crippen LogP contribution is -2.32. The number of aromatic nitrogens is 3. The van der Waals surface area contributed by atoms with Crippen LogP contribution >= 0.6 is 0 Å². The van der Waals surface area contributed by atoms with Gasteiger partial charge in [0.15, 0.2) is 0 Å². The van der Waals surface area contributed by atoms with Crippen LogP contribution in [0.25, 0.3) is 0 Å². The van der Waals surface area contributed by atoms with Crippen molar-refractivity contribution < 1.29 is 4.74 Å². The Hall–Kier alpha value is -0.940. The minimum Gasteiger partial charge on any atom is -0.375 e. The van der Waals surface area contributed by atoms with E-state index in [4.69, 9.17) is 10.5 Å². The third-order valence-electron chi connectivity index (χ3n) is 4.16. The summed E-state index contributed by atoms with van der Waals surface area (Å²) in [6.45, 7) is 9.44. The SMILES string of the molecule is CCCn1nncc1C(N)C1C(C)OC(C)C1C. The molecule has 5 unspecified atom stereocenters. The Balaban J connectivity index is 2.20. The first-order valence-electron chi connectivity index (χ1n) is 6.85. The first-order chi connectivity index (χ1) is 8.56. The normalized spacial score (nSPS) is 33.8. The lowest BCUT2D eigenvalue weighted by Gasteiger charge is -2.25. The first kappa shape index (κ1) is 13.5. The molecule has 1 saturated heterocycles. The smallest absolute Gasteiger partial charge is 0.0758 e. The summed E-state index contributed by atoms with van der Waals surface area (Å²) in [6, 6.07) is -0.0542. The highest BCUT2D eigenvalue weighted by molar-refractivity contribution is 5.07. The van der Waals surface area contributed by atoms with Gasteiger partial charge in [-0.25, -0.2) is 4.68 Å². The third-order valence-corrected chi connectivity index (χ3v) is 4.16. The Labute approximate surface area is 109 Å². The standard InChI is InChI=1S/C13H24N4O/c1-5-6-17-11(7-15-16-17)13(14)12-8(2)9(3)18-10(12)4/h7-10,12-13H,5-6,14H2,1-4H3. The molecule has 5 atom stereocenters. The zero-order chi connectivity index (χ0) is 13.3. The molecule has 0 aromatic carbocycles. The number of ether oxygens (including phenoxy) is 1. The van der Waals surface area contributed by atoms with E-state index in [1.807, 2.05) is 4.68 Å². The van der Waals surface area contributed by atoms with Crippen LogP contribution in [-0.2, 0) is 11.3 Å². The van der Waals surface area contributed by atoms with Crippen molar-refractivity contribution in [2.24, 2.45) is 17.6 Å². The van der Waals surface area contributed by atoms with Gasteiger partial charge in [-0.05, 0) is 26.2 Å². The third kappa shape index (κ3) is 2.29. The van der Waals surface area contributed by atoms with Crippen LogP contribution in [0.3, 0.4) is 0 Å². The minimum atomic E-state index is -0.0542. The zero-order valence-electron chi connectivity index (χ0n) is 11.7. The van der Waals surface area contributed by atoms with E-state index in [1.54, 1.807) is 6.20 Å². The highest BCUT2D eigenvalue weighted by atomic mass is 16.5. The minimum absolute atomic E-state index is 0.0542. The van der Waals surface area contributed by atoms with Gasteiger partial charge >= 0.3 is 0 Å². The van der Waals surface area contributed by atoms with Crippen molar-refractivity contribution in [1.29, 1.82) is 0 Å². The van der Waals surface area contributed by atoms with E-state index >= 15 is 0 Å². The van der Waals surface area contributed by atoms with Crippen molar-refractivity contribution >= 4 is 0 Å². The molecule has 1 aliphatic heterocycles. The first-order valence-corrected chi connectivity index (χ1v) is 6.85. The molecular formula is C13H24N4O.